The van der Waals surface area contributed by atoms with Gasteiger partial charge in [-0.2, -0.15) is 0 Å². The molecule has 3 aromatic carbocycles. The SMILES string of the molecule is O=C(CC(NC(=O)c1ccccc1)c1ccccc1)Nc1ccc(C(=O)NC2CC2)cc1. The van der Waals surface area contributed by atoms with Gasteiger partial charge in [0.2, 0.25) is 5.91 Å². The minimum atomic E-state index is -0.479. The number of amides is 3. The lowest BCUT2D eigenvalue weighted by Crippen LogP contribution is -2.31. The fraction of sp³-hybridized carbons (Fsp3) is 0.192. The van der Waals surface area contributed by atoms with E-state index in [0.717, 1.165) is 18.4 Å². The van der Waals surface area contributed by atoms with Crippen LogP contribution in [0.1, 0.15) is 51.6 Å². The Morgan fingerprint density at radius 1 is 0.750 bits per heavy atom. The highest BCUT2D eigenvalue weighted by Crippen LogP contribution is 2.21. The van der Waals surface area contributed by atoms with Crippen molar-refractivity contribution in [2.24, 2.45) is 0 Å². The quantitative estimate of drug-likeness (QED) is 0.506. The van der Waals surface area contributed by atoms with E-state index < -0.39 is 6.04 Å². The topological polar surface area (TPSA) is 87.3 Å². The molecule has 162 valence electrons. The molecule has 1 atom stereocenters. The zero-order valence-corrected chi connectivity index (χ0v) is 17.6. The van der Waals surface area contributed by atoms with Gasteiger partial charge in [-0.1, -0.05) is 48.5 Å². The van der Waals surface area contributed by atoms with E-state index in [4.69, 9.17) is 0 Å². The lowest BCUT2D eigenvalue weighted by Gasteiger charge is -2.19. The molecular formula is C26H25N3O3. The van der Waals surface area contributed by atoms with Crippen LogP contribution in [0, 0.1) is 0 Å². The first-order valence-corrected chi connectivity index (χ1v) is 10.7. The summed E-state index contributed by atoms with van der Waals surface area (Å²) in [5, 5.41) is 8.75. The number of anilines is 1. The van der Waals surface area contributed by atoms with Crippen LogP contribution in [-0.2, 0) is 4.79 Å². The van der Waals surface area contributed by atoms with E-state index in [1.165, 1.54) is 0 Å². The van der Waals surface area contributed by atoms with Crippen molar-refractivity contribution in [1.82, 2.24) is 10.6 Å². The van der Waals surface area contributed by atoms with E-state index in [1.807, 2.05) is 36.4 Å². The summed E-state index contributed by atoms with van der Waals surface area (Å²) in [7, 11) is 0. The Bertz CT molecular complexity index is 1080. The molecule has 1 unspecified atom stereocenters. The van der Waals surface area contributed by atoms with Gasteiger partial charge in [0.05, 0.1) is 12.5 Å². The standard InChI is InChI=1S/C26H25N3O3/c30-24(27-21-13-11-20(12-14-21)25(31)28-22-15-16-22)17-23(18-7-3-1-4-8-18)29-26(32)19-9-5-2-6-10-19/h1-14,22-23H,15-17H2,(H,27,30)(H,28,31)(H,29,32). The molecular weight excluding hydrogens is 402 g/mol. The summed E-state index contributed by atoms with van der Waals surface area (Å²) in [5.41, 5.74) is 2.54. The number of hydrogen-bond donors (Lipinski definition) is 3. The summed E-state index contributed by atoms with van der Waals surface area (Å²) in [5.74, 6) is -0.571. The molecule has 0 spiro atoms. The van der Waals surface area contributed by atoms with E-state index in [-0.39, 0.29) is 24.1 Å². The second-order valence-electron chi connectivity index (χ2n) is 7.88. The highest BCUT2D eigenvalue weighted by atomic mass is 16.2. The van der Waals surface area contributed by atoms with E-state index in [9.17, 15) is 14.4 Å². The smallest absolute Gasteiger partial charge is 0.251 e. The van der Waals surface area contributed by atoms with Gasteiger partial charge in [0.15, 0.2) is 0 Å². The number of carbonyl (C=O) groups is 3. The zero-order chi connectivity index (χ0) is 22.3. The Morgan fingerprint density at radius 2 is 1.34 bits per heavy atom. The third kappa shape index (κ3) is 5.82. The Balaban J connectivity index is 1.40. The molecule has 4 rings (SSSR count). The van der Waals surface area contributed by atoms with Crippen molar-refractivity contribution < 1.29 is 14.4 Å². The molecule has 3 amide bonds. The number of carbonyl (C=O) groups excluding carboxylic acids is 3. The molecule has 32 heavy (non-hydrogen) atoms. The van der Waals surface area contributed by atoms with Gasteiger partial charge in [-0.15, -0.1) is 0 Å². The largest absolute Gasteiger partial charge is 0.349 e. The maximum absolute atomic E-state index is 12.7. The highest BCUT2D eigenvalue weighted by molar-refractivity contribution is 5.97. The predicted octanol–water partition coefficient (Wildman–Crippen LogP) is 4.08. The normalized spacial score (nSPS) is 13.6. The first-order chi connectivity index (χ1) is 15.6. The van der Waals surface area contributed by atoms with Gasteiger partial charge in [0, 0.05) is 22.9 Å². The van der Waals surface area contributed by atoms with Crippen LogP contribution >= 0.6 is 0 Å². The molecule has 0 aromatic heterocycles. The molecule has 1 aliphatic carbocycles. The Hall–Kier alpha value is -3.93. The van der Waals surface area contributed by atoms with Gasteiger partial charge in [0.1, 0.15) is 0 Å². The maximum atomic E-state index is 12.7. The van der Waals surface area contributed by atoms with E-state index >= 15 is 0 Å². The number of benzene rings is 3. The van der Waals surface area contributed by atoms with Crippen LogP contribution in [0.4, 0.5) is 5.69 Å². The Kier molecular flexibility index (Phi) is 6.60. The lowest BCUT2D eigenvalue weighted by molar-refractivity contribution is -0.116. The van der Waals surface area contributed by atoms with Gasteiger partial charge in [-0.3, -0.25) is 14.4 Å². The van der Waals surface area contributed by atoms with Crippen molar-refractivity contribution in [3.8, 4) is 0 Å². The van der Waals surface area contributed by atoms with Gasteiger partial charge in [-0.25, -0.2) is 0 Å². The second kappa shape index (κ2) is 9.92. The number of rotatable bonds is 8. The molecule has 3 aromatic rings. The molecule has 6 heteroatoms. The van der Waals surface area contributed by atoms with Gasteiger partial charge >= 0.3 is 0 Å². The average molecular weight is 428 g/mol. The fourth-order valence-corrected chi connectivity index (χ4v) is 3.37. The summed E-state index contributed by atoms with van der Waals surface area (Å²) < 4.78 is 0. The molecule has 0 bridgehead atoms. The number of hydrogen-bond acceptors (Lipinski definition) is 3. The van der Waals surface area contributed by atoms with E-state index in [0.29, 0.717) is 22.9 Å². The van der Waals surface area contributed by atoms with Gasteiger partial charge < -0.3 is 16.0 Å². The van der Waals surface area contributed by atoms with Gasteiger partial charge in [-0.05, 0) is 54.8 Å². The van der Waals surface area contributed by atoms with Crippen molar-refractivity contribution in [1.29, 1.82) is 0 Å². The lowest BCUT2D eigenvalue weighted by atomic mass is 10.0. The summed E-state index contributed by atoms with van der Waals surface area (Å²) in [6.45, 7) is 0. The molecule has 3 N–H and O–H groups in total. The molecule has 0 radical (unpaired) electrons. The maximum Gasteiger partial charge on any atom is 0.251 e. The van der Waals surface area contributed by atoms with Crippen LogP contribution in [0.3, 0.4) is 0 Å². The Morgan fingerprint density at radius 3 is 1.97 bits per heavy atom. The average Bonchev–Trinajstić information content (AvgIpc) is 3.64. The minimum absolute atomic E-state index is 0.0759. The van der Waals surface area contributed by atoms with Crippen molar-refractivity contribution in [2.45, 2.75) is 31.3 Å². The molecule has 0 saturated heterocycles. The van der Waals surface area contributed by atoms with Crippen LogP contribution in [0.5, 0.6) is 0 Å². The van der Waals surface area contributed by atoms with Crippen LogP contribution < -0.4 is 16.0 Å². The predicted molar refractivity (Wildman–Crippen MR) is 123 cm³/mol. The second-order valence-corrected chi connectivity index (χ2v) is 7.88. The van der Waals surface area contributed by atoms with Crippen LogP contribution in [0.2, 0.25) is 0 Å². The molecule has 6 nitrogen and oxygen atoms in total. The highest BCUT2D eigenvalue weighted by Gasteiger charge is 2.24. The van der Waals surface area contributed by atoms with E-state index in [1.54, 1.807) is 48.5 Å². The third-order valence-corrected chi connectivity index (χ3v) is 5.28. The fourth-order valence-electron chi connectivity index (χ4n) is 3.37. The molecule has 1 aliphatic rings. The van der Waals surface area contributed by atoms with Crippen molar-refractivity contribution in [2.75, 3.05) is 5.32 Å². The minimum Gasteiger partial charge on any atom is -0.349 e. The molecule has 1 saturated carbocycles. The van der Waals surface area contributed by atoms with Gasteiger partial charge in [0.25, 0.3) is 11.8 Å². The third-order valence-electron chi connectivity index (χ3n) is 5.28. The van der Waals surface area contributed by atoms with Crippen LogP contribution in [0.15, 0.2) is 84.9 Å². The van der Waals surface area contributed by atoms with Crippen molar-refractivity contribution in [3.63, 3.8) is 0 Å². The molecule has 0 heterocycles. The van der Waals surface area contributed by atoms with Crippen molar-refractivity contribution in [3.05, 3.63) is 102 Å². The zero-order valence-electron chi connectivity index (χ0n) is 17.6. The summed E-state index contributed by atoms with van der Waals surface area (Å²) in [6.07, 6.45) is 2.14. The molecule has 0 aliphatic heterocycles. The Labute approximate surface area is 187 Å². The summed E-state index contributed by atoms with van der Waals surface area (Å²) in [4.78, 5) is 37.5. The summed E-state index contributed by atoms with van der Waals surface area (Å²) >= 11 is 0. The van der Waals surface area contributed by atoms with Crippen molar-refractivity contribution >= 4 is 23.4 Å². The molecule has 1 fully saturated rings. The summed E-state index contributed by atoms with van der Waals surface area (Å²) in [6, 6.07) is 24.9. The van der Waals surface area contributed by atoms with E-state index in [2.05, 4.69) is 16.0 Å². The monoisotopic (exact) mass is 427 g/mol. The van der Waals surface area contributed by atoms with Crippen LogP contribution in [-0.4, -0.2) is 23.8 Å². The first-order valence-electron chi connectivity index (χ1n) is 10.7. The first kappa shape index (κ1) is 21.3. The number of nitrogens with one attached hydrogen (secondary N) is 3. The van der Waals surface area contributed by atoms with Crippen LogP contribution in [0.25, 0.3) is 0 Å².